The van der Waals surface area contributed by atoms with Crippen LogP contribution in [0.2, 0.25) is 5.02 Å². The number of anilines is 1. The van der Waals surface area contributed by atoms with E-state index in [-0.39, 0.29) is 5.91 Å². The average molecular weight is 273 g/mol. The summed E-state index contributed by atoms with van der Waals surface area (Å²) < 4.78 is 0. The van der Waals surface area contributed by atoms with E-state index in [1.165, 1.54) is 0 Å². The zero-order valence-corrected chi connectivity index (χ0v) is 11.4. The number of nitrogens with one attached hydrogen (secondary N) is 1. The Balaban J connectivity index is 2.44. The van der Waals surface area contributed by atoms with Crippen molar-refractivity contribution in [2.24, 2.45) is 0 Å². The second-order valence-corrected chi connectivity index (χ2v) is 5.11. The summed E-state index contributed by atoms with van der Waals surface area (Å²) in [7, 11) is 0. The number of rotatable bonds is 6. The van der Waals surface area contributed by atoms with Gasteiger partial charge in [0.15, 0.2) is 0 Å². The van der Waals surface area contributed by atoms with Crippen LogP contribution >= 0.6 is 23.4 Å². The van der Waals surface area contributed by atoms with Crippen LogP contribution in [0.15, 0.2) is 18.2 Å². The molecule has 1 aromatic carbocycles. The number of nitrogen functional groups attached to an aromatic ring is 1. The smallest absolute Gasteiger partial charge is 0.253 e. The number of hydrogen-bond donors (Lipinski definition) is 2. The van der Waals surface area contributed by atoms with Gasteiger partial charge in [-0.15, -0.1) is 0 Å². The summed E-state index contributed by atoms with van der Waals surface area (Å²) in [5, 5.41) is 3.36. The third-order valence-corrected chi connectivity index (χ3v) is 3.25. The Morgan fingerprint density at radius 3 is 2.94 bits per heavy atom. The number of halogens is 1. The van der Waals surface area contributed by atoms with Crippen LogP contribution in [0.25, 0.3) is 0 Å². The van der Waals surface area contributed by atoms with E-state index in [0.717, 1.165) is 18.6 Å². The highest BCUT2D eigenvalue weighted by Crippen LogP contribution is 2.17. The van der Waals surface area contributed by atoms with Crippen LogP contribution in [0.3, 0.4) is 0 Å². The van der Waals surface area contributed by atoms with E-state index in [1.807, 2.05) is 11.8 Å². The Kier molecular flexibility index (Phi) is 6.22. The van der Waals surface area contributed by atoms with Crippen LogP contribution in [0.5, 0.6) is 0 Å². The number of thioether (sulfide) groups is 1. The molecule has 0 aliphatic rings. The van der Waals surface area contributed by atoms with E-state index in [0.29, 0.717) is 22.8 Å². The standard InChI is InChI=1S/C12H17ClN2OS/c1-17-7-3-2-6-15-12(16)10-8-9(13)4-5-11(10)14/h4-5,8H,2-3,6-7,14H2,1H3,(H,15,16). The van der Waals surface area contributed by atoms with Crippen molar-refractivity contribution in [3.05, 3.63) is 28.8 Å². The van der Waals surface area contributed by atoms with Crippen molar-refractivity contribution in [1.29, 1.82) is 0 Å². The van der Waals surface area contributed by atoms with Crippen LogP contribution in [-0.4, -0.2) is 24.5 Å². The fourth-order valence-electron chi connectivity index (χ4n) is 1.39. The SMILES string of the molecule is CSCCCCNC(=O)c1cc(Cl)ccc1N. The lowest BCUT2D eigenvalue weighted by atomic mass is 10.1. The molecule has 0 unspecified atom stereocenters. The van der Waals surface area contributed by atoms with Gasteiger partial charge in [0.2, 0.25) is 0 Å². The molecule has 3 N–H and O–H groups in total. The molecule has 1 aromatic rings. The van der Waals surface area contributed by atoms with Crippen molar-refractivity contribution in [3.8, 4) is 0 Å². The molecule has 17 heavy (non-hydrogen) atoms. The van der Waals surface area contributed by atoms with E-state index < -0.39 is 0 Å². The normalized spacial score (nSPS) is 10.2. The number of hydrogen-bond acceptors (Lipinski definition) is 3. The summed E-state index contributed by atoms with van der Waals surface area (Å²) in [4.78, 5) is 11.8. The molecular formula is C12H17ClN2OS. The van der Waals surface area contributed by atoms with Gasteiger partial charge >= 0.3 is 0 Å². The molecule has 0 aromatic heterocycles. The molecule has 0 bridgehead atoms. The van der Waals surface area contributed by atoms with Gasteiger partial charge in [-0.1, -0.05) is 11.6 Å². The largest absolute Gasteiger partial charge is 0.398 e. The Bertz CT molecular complexity index is 385. The number of benzene rings is 1. The molecule has 0 saturated carbocycles. The van der Waals surface area contributed by atoms with Gasteiger partial charge in [0.25, 0.3) is 5.91 Å². The molecule has 0 heterocycles. The summed E-state index contributed by atoms with van der Waals surface area (Å²) in [6.07, 6.45) is 4.16. The second-order valence-electron chi connectivity index (χ2n) is 3.69. The summed E-state index contributed by atoms with van der Waals surface area (Å²) in [6, 6.07) is 4.91. The highest BCUT2D eigenvalue weighted by atomic mass is 35.5. The first-order valence-corrected chi connectivity index (χ1v) is 7.24. The minimum Gasteiger partial charge on any atom is -0.398 e. The van der Waals surface area contributed by atoms with Gasteiger partial charge < -0.3 is 11.1 Å². The molecule has 0 aliphatic carbocycles. The molecule has 94 valence electrons. The first-order valence-electron chi connectivity index (χ1n) is 5.47. The zero-order chi connectivity index (χ0) is 12.7. The van der Waals surface area contributed by atoms with Crippen LogP contribution in [0.1, 0.15) is 23.2 Å². The number of carbonyl (C=O) groups is 1. The Morgan fingerprint density at radius 2 is 2.24 bits per heavy atom. The first kappa shape index (κ1) is 14.2. The lowest BCUT2D eigenvalue weighted by Crippen LogP contribution is -2.25. The first-order chi connectivity index (χ1) is 8.15. The molecule has 0 saturated heterocycles. The molecule has 1 rings (SSSR count). The van der Waals surface area contributed by atoms with E-state index in [9.17, 15) is 4.79 Å². The van der Waals surface area contributed by atoms with Crippen LogP contribution in [0.4, 0.5) is 5.69 Å². The average Bonchev–Trinajstić information content (AvgIpc) is 2.32. The molecular weight excluding hydrogens is 256 g/mol. The predicted octanol–water partition coefficient (Wildman–Crippen LogP) is 2.80. The Hall–Kier alpha value is -0.870. The maximum atomic E-state index is 11.8. The number of unbranched alkanes of at least 4 members (excludes halogenated alkanes) is 1. The van der Waals surface area contributed by atoms with Gasteiger partial charge in [-0.3, -0.25) is 4.79 Å². The summed E-state index contributed by atoms with van der Waals surface area (Å²) >= 11 is 7.64. The molecule has 1 amide bonds. The molecule has 3 nitrogen and oxygen atoms in total. The second kappa shape index (κ2) is 7.45. The lowest BCUT2D eigenvalue weighted by Gasteiger charge is -2.07. The van der Waals surface area contributed by atoms with Crippen LogP contribution in [-0.2, 0) is 0 Å². The molecule has 5 heteroatoms. The quantitative estimate of drug-likeness (QED) is 0.618. The number of amides is 1. The minimum absolute atomic E-state index is 0.158. The molecule has 0 radical (unpaired) electrons. The van der Waals surface area contributed by atoms with E-state index in [2.05, 4.69) is 11.6 Å². The van der Waals surface area contributed by atoms with E-state index in [4.69, 9.17) is 17.3 Å². The summed E-state index contributed by atoms with van der Waals surface area (Å²) in [5.41, 5.74) is 6.62. The highest BCUT2D eigenvalue weighted by Gasteiger charge is 2.09. The van der Waals surface area contributed by atoms with Gasteiger partial charge in [0.05, 0.1) is 5.56 Å². The number of carbonyl (C=O) groups excluding carboxylic acids is 1. The Morgan fingerprint density at radius 1 is 1.47 bits per heavy atom. The maximum Gasteiger partial charge on any atom is 0.253 e. The van der Waals surface area contributed by atoms with Crippen molar-refractivity contribution in [3.63, 3.8) is 0 Å². The van der Waals surface area contributed by atoms with Gasteiger partial charge in [-0.2, -0.15) is 11.8 Å². The van der Waals surface area contributed by atoms with Crippen molar-refractivity contribution < 1.29 is 4.79 Å². The molecule has 0 spiro atoms. The van der Waals surface area contributed by atoms with Crippen molar-refractivity contribution >= 4 is 35.0 Å². The summed E-state index contributed by atoms with van der Waals surface area (Å²) in [5.74, 6) is 0.962. The van der Waals surface area contributed by atoms with Gasteiger partial charge in [0.1, 0.15) is 0 Å². The third kappa shape index (κ3) is 4.88. The fourth-order valence-corrected chi connectivity index (χ4v) is 2.06. The Labute approximate surface area is 111 Å². The van der Waals surface area contributed by atoms with E-state index in [1.54, 1.807) is 18.2 Å². The lowest BCUT2D eigenvalue weighted by molar-refractivity contribution is 0.0954. The molecule has 0 fully saturated rings. The van der Waals surface area contributed by atoms with Gasteiger partial charge in [-0.25, -0.2) is 0 Å². The van der Waals surface area contributed by atoms with Crippen molar-refractivity contribution in [2.75, 3.05) is 24.3 Å². The van der Waals surface area contributed by atoms with Gasteiger partial charge in [-0.05, 0) is 43.0 Å². The topological polar surface area (TPSA) is 55.1 Å². The summed E-state index contributed by atoms with van der Waals surface area (Å²) in [6.45, 7) is 0.672. The minimum atomic E-state index is -0.158. The van der Waals surface area contributed by atoms with Crippen molar-refractivity contribution in [1.82, 2.24) is 5.32 Å². The van der Waals surface area contributed by atoms with Crippen molar-refractivity contribution in [2.45, 2.75) is 12.8 Å². The maximum absolute atomic E-state index is 11.8. The highest BCUT2D eigenvalue weighted by molar-refractivity contribution is 7.98. The van der Waals surface area contributed by atoms with Crippen LogP contribution in [0, 0.1) is 0 Å². The van der Waals surface area contributed by atoms with Gasteiger partial charge in [0, 0.05) is 17.3 Å². The predicted molar refractivity (Wildman–Crippen MR) is 75.8 cm³/mol. The molecule has 0 aliphatic heterocycles. The number of nitrogens with two attached hydrogens (primary N) is 1. The zero-order valence-electron chi connectivity index (χ0n) is 9.83. The molecule has 0 atom stereocenters. The third-order valence-electron chi connectivity index (χ3n) is 2.32. The van der Waals surface area contributed by atoms with E-state index >= 15 is 0 Å². The fraction of sp³-hybridized carbons (Fsp3) is 0.417. The monoisotopic (exact) mass is 272 g/mol. The van der Waals surface area contributed by atoms with Crippen LogP contribution < -0.4 is 11.1 Å².